The minimum Gasteiger partial charge on any atom is -0.508 e. The Hall–Kier alpha value is -2.49. The molecule has 0 unspecified atom stereocenters. The first-order valence-electron chi connectivity index (χ1n) is 12.5. The molecule has 0 saturated heterocycles. The average molecular weight is 518 g/mol. The Labute approximate surface area is 221 Å². The number of aromatic hydroxyl groups is 1. The van der Waals surface area contributed by atoms with E-state index >= 15 is 0 Å². The Morgan fingerprint density at radius 3 is 2.27 bits per heavy atom. The molecule has 7 atom stereocenters. The van der Waals surface area contributed by atoms with Crippen molar-refractivity contribution in [2.45, 2.75) is 64.6 Å². The molecule has 1 aromatic carbocycles. The molecule has 206 valence electrons. The highest BCUT2D eigenvalue weighted by Crippen LogP contribution is 2.35. The molecule has 0 aromatic heterocycles. The van der Waals surface area contributed by atoms with E-state index in [2.05, 4.69) is 12.2 Å². The van der Waals surface area contributed by atoms with E-state index < -0.39 is 12.2 Å². The zero-order valence-electron chi connectivity index (χ0n) is 23.2. The number of hydrogen-bond donors (Lipinski definition) is 3. The van der Waals surface area contributed by atoms with Gasteiger partial charge in [0.2, 0.25) is 0 Å². The molecule has 0 saturated carbocycles. The number of anilines is 1. The van der Waals surface area contributed by atoms with E-state index in [1.165, 1.54) is 13.2 Å². The molecule has 0 spiro atoms. The molecular weight excluding hydrogens is 474 g/mol. The highest BCUT2D eigenvalue weighted by Gasteiger charge is 2.31. The number of hydrogen-bond acceptors (Lipinski definition) is 7. The zero-order valence-corrected chi connectivity index (χ0v) is 23.2. The number of aliphatic hydroxyl groups excluding tert-OH is 1. The lowest BCUT2D eigenvalue weighted by atomic mass is 9.86. The molecule has 0 aliphatic carbocycles. The fourth-order valence-electron chi connectivity index (χ4n) is 4.92. The summed E-state index contributed by atoms with van der Waals surface area (Å²) in [4.78, 5) is 12.8. The monoisotopic (exact) mass is 517 g/mol. The van der Waals surface area contributed by atoms with E-state index in [-0.39, 0.29) is 41.8 Å². The van der Waals surface area contributed by atoms with E-state index in [0.29, 0.717) is 17.7 Å². The molecule has 8 heteroatoms. The van der Waals surface area contributed by atoms with Crippen molar-refractivity contribution in [3.8, 4) is 5.75 Å². The Kier molecular flexibility index (Phi) is 12.0. The van der Waals surface area contributed by atoms with Gasteiger partial charge >= 0.3 is 0 Å². The first-order valence-corrected chi connectivity index (χ1v) is 12.5. The number of amides is 1. The Morgan fingerprint density at radius 1 is 0.973 bits per heavy atom. The largest absolute Gasteiger partial charge is 0.508 e. The van der Waals surface area contributed by atoms with Crippen molar-refractivity contribution in [3.05, 3.63) is 59.2 Å². The van der Waals surface area contributed by atoms with Crippen LogP contribution in [0.2, 0.25) is 0 Å². The Bertz CT molecular complexity index is 986. The standard InChI is InChI=1S/C29H43NO7/c1-17-10-9-11-24(34-5)26(32)18(2)12-19(3)28(37-8)25(35-6)13-20(4)27(36-7)21-14-22(30-29(17)33)16-23(31)15-21/h9-12,14-16,19-20,24-28,31-32H,13H2,1-8H3,(H,30,33)/b11-9+,17-10+,18-12+/t19-,20-,24-,25-,26-,27+,28+/m0/s1. The molecule has 1 aliphatic rings. The third-order valence-electron chi connectivity index (χ3n) is 6.94. The van der Waals surface area contributed by atoms with Gasteiger partial charge in [0, 0.05) is 51.7 Å². The zero-order chi connectivity index (χ0) is 27.7. The highest BCUT2D eigenvalue weighted by molar-refractivity contribution is 6.03. The molecule has 1 heterocycles. The molecule has 0 fully saturated rings. The summed E-state index contributed by atoms with van der Waals surface area (Å²) in [5.41, 5.74) is 2.39. The van der Waals surface area contributed by atoms with Gasteiger partial charge < -0.3 is 34.5 Å². The molecule has 1 aromatic rings. The van der Waals surface area contributed by atoms with Gasteiger partial charge in [-0.25, -0.2) is 0 Å². The number of phenols is 1. The summed E-state index contributed by atoms with van der Waals surface area (Å²) in [6.07, 6.45) is 5.24. The van der Waals surface area contributed by atoms with Gasteiger partial charge in [0.25, 0.3) is 5.91 Å². The summed E-state index contributed by atoms with van der Waals surface area (Å²) in [5, 5.41) is 24.2. The van der Waals surface area contributed by atoms with Gasteiger partial charge in [-0.05, 0) is 49.5 Å². The van der Waals surface area contributed by atoms with Gasteiger partial charge in [-0.1, -0.05) is 38.2 Å². The fraction of sp³-hybridized carbons (Fsp3) is 0.552. The lowest BCUT2D eigenvalue weighted by molar-refractivity contribution is -0.112. The minimum absolute atomic E-state index is 0.0217. The average Bonchev–Trinajstić information content (AvgIpc) is 2.85. The number of fused-ring (bicyclic) bond motifs is 2. The normalized spacial score (nSPS) is 34.1. The van der Waals surface area contributed by atoms with Crippen molar-refractivity contribution in [1.82, 2.24) is 0 Å². The smallest absolute Gasteiger partial charge is 0.251 e. The van der Waals surface area contributed by atoms with Crippen molar-refractivity contribution < 1.29 is 34.0 Å². The first kappa shape index (κ1) is 30.7. The van der Waals surface area contributed by atoms with Crippen LogP contribution in [0, 0.1) is 11.8 Å². The number of benzene rings is 1. The van der Waals surface area contributed by atoms with Gasteiger partial charge in [-0.15, -0.1) is 0 Å². The molecule has 2 bridgehead atoms. The number of ether oxygens (including phenoxy) is 4. The molecule has 0 radical (unpaired) electrons. The molecular formula is C29H43NO7. The van der Waals surface area contributed by atoms with Crippen molar-refractivity contribution in [2.24, 2.45) is 11.8 Å². The van der Waals surface area contributed by atoms with E-state index in [0.717, 1.165) is 11.1 Å². The number of carbonyl (C=O) groups excluding carboxylic acids is 1. The maximum Gasteiger partial charge on any atom is 0.251 e. The van der Waals surface area contributed by atoms with Gasteiger partial charge in [0.05, 0.1) is 18.3 Å². The van der Waals surface area contributed by atoms with Crippen molar-refractivity contribution in [1.29, 1.82) is 0 Å². The van der Waals surface area contributed by atoms with Crippen LogP contribution in [-0.4, -0.2) is 69.0 Å². The molecule has 3 N–H and O–H groups in total. The maximum absolute atomic E-state index is 12.8. The topological polar surface area (TPSA) is 106 Å². The highest BCUT2D eigenvalue weighted by atomic mass is 16.5. The lowest BCUT2D eigenvalue weighted by Gasteiger charge is -2.33. The molecule has 1 amide bonds. The maximum atomic E-state index is 12.8. The number of allylic oxidation sites excluding steroid dienone is 2. The second-order valence-electron chi connectivity index (χ2n) is 9.76. The lowest BCUT2D eigenvalue weighted by Crippen LogP contribution is -2.37. The minimum atomic E-state index is -0.881. The van der Waals surface area contributed by atoms with Crippen LogP contribution < -0.4 is 5.32 Å². The van der Waals surface area contributed by atoms with Gasteiger partial charge in [0.15, 0.2) is 0 Å². The first-order chi connectivity index (χ1) is 17.6. The summed E-state index contributed by atoms with van der Waals surface area (Å²) in [7, 11) is 6.46. The third-order valence-corrected chi connectivity index (χ3v) is 6.94. The summed E-state index contributed by atoms with van der Waals surface area (Å²) < 4.78 is 23.1. The van der Waals surface area contributed by atoms with Gasteiger partial charge in [0.1, 0.15) is 18.0 Å². The van der Waals surface area contributed by atoms with E-state index in [1.54, 1.807) is 58.6 Å². The predicted molar refractivity (Wildman–Crippen MR) is 144 cm³/mol. The second kappa shape index (κ2) is 14.4. The molecule has 2 rings (SSSR count). The van der Waals surface area contributed by atoms with E-state index in [9.17, 15) is 15.0 Å². The van der Waals surface area contributed by atoms with Crippen molar-refractivity contribution >= 4 is 11.6 Å². The van der Waals surface area contributed by atoms with Crippen LogP contribution in [0.4, 0.5) is 5.69 Å². The van der Waals surface area contributed by atoms with Crippen LogP contribution in [0.15, 0.2) is 53.6 Å². The van der Waals surface area contributed by atoms with Crippen LogP contribution in [0.5, 0.6) is 5.75 Å². The number of nitrogens with one attached hydrogen (secondary N) is 1. The van der Waals surface area contributed by atoms with Crippen molar-refractivity contribution in [3.63, 3.8) is 0 Å². The molecule has 8 nitrogen and oxygen atoms in total. The van der Waals surface area contributed by atoms with E-state index in [1.807, 2.05) is 19.9 Å². The van der Waals surface area contributed by atoms with Crippen LogP contribution in [0.3, 0.4) is 0 Å². The van der Waals surface area contributed by atoms with E-state index in [4.69, 9.17) is 18.9 Å². The van der Waals surface area contributed by atoms with Gasteiger partial charge in [-0.3, -0.25) is 4.79 Å². The predicted octanol–water partition coefficient (Wildman–Crippen LogP) is 4.55. The Balaban J connectivity index is 2.58. The summed E-state index contributed by atoms with van der Waals surface area (Å²) >= 11 is 0. The molecule has 37 heavy (non-hydrogen) atoms. The van der Waals surface area contributed by atoms with Crippen molar-refractivity contribution in [2.75, 3.05) is 33.8 Å². The number of carbonyl (C=O) groups is 1. The van der Waals surface area contributed by atoms with Gasteiger partial charge in [-0.2, -0.15) is 0 Å². The number of methoxy groups -OCH3 is 4. The third kappa shape index (κ3) is 8.25. The molecule has 1 aliphatic heterocycles. The number of rotatable bonds is 4. The summed E-state index contributed by atoms with van der Waals surface area (Å²) in [6.45, 7) is 7.62. The van der Waals surface area contributed by atoms with Crippen LogP contribution in [-0.2, 0) is 23.7 Å². The quantitative estimate of drug-likeness (QED) is 0.503. The van der Waals surface area contributed by atoms with Crippen LogP contribution in [0.1, 0.15) is 45.8 Å². The fourth-order valence-corrected chi connectivity index (χ4v) is 4.92. The SMILES string of the molecule is CO[C@H]1[C@@H](OC)C[C@H](C)[C@@H](OC)c2cc(O)cc(c2)NC(=O)/C(C)=C/C=C/[C@H](OC)[C@@H](O)/C(C)=C/[C@@H]1C. The van der Waals surface area contributed by atoms with Crippen LogP contribution in [0.25, 0.3) is 0 Å². The number of phenolic OH excluding ortho intramolecular Hbond substituents is 1. The number of aliphatic hydroxyl groups is 1. The second-order valence-corrected chi connectivity index (χ2v) is 9.76. The summed E-state index contributed by atoms with van der Waals surface area (Å²) in [5.74, 6) is -0.383. The van der Waals surface area contributed by atoms with Crippen LogP contribution >= 0.6 is 0 Å². The Morgan fingerprint density at radius 2 is 1.68 bits per heavy atom. The summed E-state index contributed by atoms with van der Waals surface area (Å²) in [6, 6.07) is 4.95.